The molecule has 105 heavy (non-hydrogen) atoms. The fraction of sp³-hybridized carbons (Fsp3) is 0.0500. The summed E-state index contributed by atoms with van der Waals surface area (Å²) in [6.45, 7) is -0.980. The quantitative estimate of drug-likeness (QED) is 0.0776. The zero-order valence-electron chi connectivity index (χ0n) is 53.9. The molecule has 0 atom stereocenters. The van der Waals surface area contributed by atoms with Gasteiger partial charge in [0.1, 0.15) is 49.4 Å². The van der Waals surface area contributed by atoms with Gasteiger partial charge in [0.05, 0.1) is 70.5 Å². The van der Waals surface area contributed by atoms with Crippen LogP contribution in [0.3, 0.4) is 0 Å². The summed E-state index contributed by atoms with van der Waals surface area (Å²) < 4.78 is 24.3. The molecule has 5 heterocycles. The molecule has 0 fully saturated rings. The van der Waals surface area contributed by atoms with Crippen molar-refractivity contribution in [3.8, 4) is 67.5 Å². The molecule has 11 aromatic rings. The van der Waals surface area contributed by atoms with E-state index in [2.05, 4.69) is 0 Å². The summed E-state index contributed by atoms with van der Waals surface area (Å²) in [6.07, 6.45) is 7.20. The van der Waals surface area contributed by atoms with Crippen LogP contribution in [0.4, 0.5) is 0 Å². The second-order valence-electron chi connectivity index (χ2n) is 23.6. The molecule has 0 aliphatic carbocycles. The molecule has 0 spiro atoms. The number of aromatic nitrogens is 4. The molecule has 0 saturated heterocycles. The number of hydrogen-bond acceptors (Lipinski definition) is 22. The number of rotatable bonds is 24. The van der Waals surface area contributed by atoms with Gasteiger partial charge in [0, 0.05) is 0 Å². The number of carbonyl (C=O) groups is 8. The molecule has 8 aromatic carbocycles. The van der Waals surface area contributed by atoms with E-state index >= 15 is 0 Å². The van der Waals surface area contributed by atoms with Crippen LogP contribution < -0.4 is 69.8 Å². The Balaban J connectivity index is 0.0000104. The van der Waals surface area contributed by atoms with E-state index in [1.807, 2.05) is 0 Å². The number of carbonyl (C=O) groups excluding carboxylic acids is 8. The standard InChI is InChI=1S/C80H54N4O20.Fe/c85-73(86)49-25-41(26-50(33-49)74(87)88)37-101-57-9-1-45(2-10-57)69-61-17-19-63(81-61)70(46-3-11-58(12-4-46)102-38-42-27-51(75(89)90)34-52(28-42)76(91)92)65-21-23-67(83-65)72(48-7-15-60(16-8-48)104-40-44-31-55(79(97)98)36-56(32-44)80(99)100)68-24-22-66(84-68)71(64-20-18-62(69)82-64)47-5-13-59(14-6-47)103-39-43-29-53(77(93)94)35-54(30-43)78(95)96;/h1-36H,37-40H2,(H10,81,82,83,84,85,86,87,88,89,90,91,92,93,94,95,96,97,98,99,100);/q;+3/p-10. The van der Waals surface area contributed by atoms with Crippen LogP contribution in [0.15, 0.2) is 194 Å². The largest absolute Gasteiger partial charge is 3.00 e. The minimum Gasteiger partial charge on any atom is -0.657 e. The van der Waals surface area contributed by atoms with Crippen molar-refractivity contribution < 1.29 is 115 Å². The third-order valence-corrected chi connectivity index (χ3v) is 16.7. The molecule has 0 saturated carbocycles. The SMILES string of the molecule is O=C([O-])c1cc(COc2ccc(-c3c4nc(c(-c5ccc(OCc6cc(C(=O)[O-])cc(C(=O)[O-])c6)cc5)c5ccc([n-]5)c(-c5ccc(OCc6cc(C(=O)[O-])cc(C(=O)[O-])c6)cc5)c5nc(c(-c6ccc(OCc7cc(C(=O)[O-])cc(C(=O)[O-])c7)cc6)c6ccc3[n-]6)C=C5)C=C4)cc2)cc(C(=O)[O-])c1.[Fe+3]. The maximum atomic E-state index is 11.8. The Hall–Kier alpha value is -14.2. The molecule has 3 aromatic heterocycles. The molecule has 0 N–H and O–H groups in total. The molecule has 0 unspecified atom stereocenters. The topological polar surface area (TPSA) is 412 Å². The predicted octanol–water partition coefficient (Wildman–Crippen LogP) is 3.80. The summed E-state index contributed by atoms with van der Waals surface area (Å²) in [7, 11) is 0. The fourth-order valence-electron chi connectivity index (χ4n) is 11.9. The van der Waals surface area contributed by atoms with Crippen LogP contribution >= 0.6 is 0 Å². The van der Waals surface area contributed by atoms with Crippen molar-refractivity contribution >= 4 is 94.1 Å². The van der Waals surface area contributed by atoms with Gasteiger partial charge in [-0.3, -0.25) is 0 Å². The van der Waals surface area contributed by atoms with Crippen molar-refractivity contribution in [3.63, 3.8) is 0 Å². The summed E-state index contributed by atoms with van der Waals surface area (Å²) >= 11 is 0. The number of aromatic carboxylic acids is 8. The van der Waals surface area contributed by atoms with Crippen molar-refractivity contribution in [1.29, 1.82) is 0 Å². The van der Waals surface area contributed by atoms with Gasteiger partial charge in [0.2, 0.25) is 0 Å². The van der Waals surface area contributed by atoms with Gasteiger partial charge >= 0.3 is 17.1 Å². The number of fused-ring (bicyclic) bond motifs is 8. The second kappa shape index (κ2) is 30.0. The van der Waals surface area contributed by atoms with Gasteiger partial charge in [-0.2, -0.15) is 0 Å². The Bertz CT molecular complexity index is 4830. The minimum atomic E-state index is -1.60. The van der Waals surface area contributed by atoms with Crippen LogP contribution in [0.25, 0.3) is 90.9 Å². The first-order valence-electron chi connectivity index (χ1n) is 31.3. The molecule has 0 amide bonds. The van der Waals surface area contributed by atoms with Gasteiger partial charge in [-0.25, -0.2) is 9.97 Å². The second-order valence-corrected chi connectivity index (χ2v) is 23.6. The van der Waals surface area contributed by atoms with E-state index in [9.17, 15) is 79.2 Å². The molecule has 13 rings (SSSR count). The van der Waals surface area contributed by atoms with Gasteiger partial charge < -0.3 is 108 Å². The van der Waals surface area contributed by atoms with Crippen LogP contribution in [0.1, 0.15) is 128 Å². The molecule has 8 bridgehead atoms. The first kappa shape index (κ1) is 70.7. The molecule has 2 aliphatic heterocycles. The van der Waals surface area contributed by atoms with Crippen LogP contribution in [0.2, 0.25) is 0 Å². The van der Waals surface area contributed by atoms with E-state index in [-0.39, 0.29) is 110 Å². The van der Waals surface area contributed by atoms with Gasteiger partial charge in [0.15, 0.2) is 0 Å². The van der Waals surface area contributed by atoms with Gasteiger partial charge in [-0.15, -0.1) is 22.1 Å². The summed E-state index contributed by atoms with van der Waals surface area (Å²) in [5, 5.41) is 94.5. The van der Waals surface area contributed by atoms with Crippen molar-refractivity contribution in [2.75, 3.05) is 0 Å². The number of nitrogens with zero attached hydrogens (tertiary/aromatic N) is 4. The molecule has 25 heteroatoms. The Morgan fingerprint density at radius 1 is 0.257 bits per heavy atom. The van der Waals surface area contributed by atoms with E-state index in [4.69, 9.17) is 38.9 Å². The predicted molar refractivity (Wildman–Crippen MR) is 356 cm³/mol. The summed E-state index contributed by atoms with van der Waals surface area (Å²) in [5.41, 5.74) is 5.55. The summed E-state index contributed by atoms with van der Waals surface area (Å²) in [5.74, 6) is -11.6. The van der Waals surface area contributed by atoms with Crippen LogP contribution in [0.5, 0.6) is 23.0 Å². The number of carboxylic acids is 8. The Morgan fingerprint density at radius 3 is 0.590 bits per heavy atom. The Labute approximate surface area is 603 Å². The van der Waals surface area contributed by atoms with Crippen molar-refractivity contribution in [1.82, 2.24) is 19.9 Å². The number of ether oxygens (including phenoxy) is 4. The van der Waals surface area contributed by atoms with E-state index in [1.165, 1.54) is 48.5 Å². The van der Waals surface area contributed by atoms with Crippen molar-refractivity contribution in [2.45, 2.75) is 26.4 Å². The first-order chi connectivity index (χ1) is 50.0. The van der Waals surface area contributed by atoms with E-state index in [1.54, 1.807) is 146 Å². The monoisotopic (exact) mass is 1440 g/mol. The van der Waals surface area contributed by atoms with Gasteiger partial charge in [0.25, 0.3) is 0 Å². The van der Waals surface area contributed by atoms with Crippen molar-refractivity contribution in [3.05, 3.63) is 284 Å². The zero-order chi connectivity index (χ0) is 73.0. The fourth-order valence-corrected chi connectivity index (χ4v) is 11.9. The summed E-state index contributed by atoms with van der Waals surface area (Å²) in [6, 6.07) is 48.0. The molecular weight excluding hydrogens is 1390 g/mol. The third-order valence-electron chi connectivity index (χ3n) is 16.7. The van der Waals surface area contributed by atoms with Gasteiger partial charge in [-0.1, -0.05) is 72.8 Å². The number of carboxylic acid groups (broad SMARTS) is 8. The van der Waals surface area contributed by atoms with Gasteiger partial charge in [-0.05, 0) is 257 Å². The average molecular weight is 1440 g/mol. The number of benzene rings is 8. The maximum absolute atomic E-state index is 11.8. The Kier molecular flexibility index (Phi) is 20.2. The Morgan fingerprint density at radius 2 is 0.429 bits per heavy atom. The third kappa shape index (κ3) is 15.7. The van der Waals surface area contributed by atoms with E-state index in [0.717, 1.165) is 24.3 Å². The molecule has 519 valence electrons. The zero-order valence-corrected chi connectivity index (χ0v) is 55.0. The van der Waals surface area contributed by atoms with Crippen LogP contribution in [-0.2, 0) is 43.5 Å². The molecular formula is C80H44FeN4O20-7. The maximum Gasteiger partial charge on any atom is 3.00 e. The molecule has 2 aliphatic rings. The average Bonchev–Trinajstić information content (AvgIpc) is 1.62. The molecule has 24 nitrogen and oxygen atoms in total. The minimum absolute atomic E-state index is 0. The van der Waals surface area contributed by atoms with E-state index in [0.29, 0.717) is 112 Å². The number of hydrogen-bond donors (Lipinski definition) is 0. The van der Waals surface area contributed by atoms with Crippen LogP contribution in [0, 0.1) is 0 Å². The molecule has 1 radical (unpaired) electrons. The smallest absolute Gasteiger partial charge is 0.657 e. The normalized spacial score (nSPS) is 11.3. The summed E-state index contributed by atoms with van der Waals surface area (Å²) in [4.78, 5) is 116. The first-order valence-corrected chi connectivity index (χ1v) is 31.3. The van der Waals surface area contributed by atoms with E-state index < -0.39 is 47.8 Å². The van der Waals surface area contributed by atoms with Crippen LogP contribution in [-0.4, -0.2) is 57.7 Å². The van der Waals surface area contributed by atoms with Crippen molar-refractivity contribution in [2.24, 2.45) is 0 Å².